The van der Waals surface area contributed by atoms with E-state index in [1.54, 1.807) is 12.4 Å². The van der Waals surface area contributed by atoms with E-state index in [1.807, 2.05) is 30.3 Å². The van der Waals surface area contributed by atoms with Gasteiger partial charge in [0.1, 0.15) is 5.69 Å². The minimum atomic E-state index is -0.0730. The van der Waals surface area contributed by atoms with Crippen molar-refractivity contribution in [1.82, 2.24) is 30.1 Å². The van der Waals surface area contributed by atoms with Gasteiger partial charge in [-0.2, -0.15) is 10.1 Å². The van der Waals surface area contributed by atoms with Gasteiger partial charge in [-0.15, -0.1) is 0 Å². The first-order valence-electron chi connectivity index (χ1n) is 11.9. The maximum Gasteiger partial charge on any atom is 0.224 e. The molecule has 3 heterocycles. The van der Waals surface area contributed by atoms with Crippen molar-refractivity contribution in [3.8, 4) is 11.4 Å². The van der Waals surface area contributed by atoms with Gasteiger partial charge in [0.25, 0.3) is 0 Å². The average molecular weight is 493 g/mol. The quantitative estimate of drug-likeness (QED) is 0.247. The Morgan fingerprint density at radius 1 is 1.09 bits per heavy atom. The van der Waals surface area contributed by atoms with E-state index >= 15 is 0 Å². The maximum atomic E-state index is 6.19. The smallest absolute Gasteiger partial charge is 0.224 e. The number of anilines is 2. The standard InChI is InChI=1S/C24H29ClN10/c25-15-3-1-2-14(12-15)19(8-10-26)31-23-28-11-9-20(32-23)21-18-13-29-24(33-22(18)35-34-21)30-17-6-4-16(27)5-7-17/h1-3,9,11-13,16-17,19H,4-8,10,26-27H2,(H,28,31,32)(H2,29,30,33,34,35)/t16-,17-,19?. The Balaban J connectivity index is 1.35. The average Bonchev–Trinajstić information content (AvgIpc) is 3.29. The van der Waals surface area contributed by atoms with Crippen LogP contribution >= 0.6 is 11.6 Å². The molecule has 0 radical (unpaired) electrons. The molecule has 1 saturated carbocycles. The van der Waals surface area contributed by atoms with Gasteiger partial charge in [0.05, 0.1) is 17.1 Å². The Bertz CT molecular complexity index is 1280. The number of nitrogens with one attached hydrogen (secondary N) is 3. The van der Waals surface area contributed by atoms with E-state index in [2.05, 4.69) is 35.8 Å². The molecule has 1 aliphatic carbocycles. The van der Waals surface area contributed by atoms with Crippen molar-refractivity contribution in [2.45, 2.75) is 50.2 Å². The third kappa shape index (κ3) is 5.50. The monoisotopic (exact) mass is 492 g/mol. The van der Waals surface area contributed by atoms with Crippen molar-refractivity contribution < 1.29 is 0 Å². The minimum absolute atomic E-state index is 0.0730. The Labute approximate surface area is 208 Å². The van der Waals surface area contributed by atoms with E-state index in [9.17, 15) is 0 Å². The van der Waals surface area contributed by atoms with Crippen LogP contribution in [0.2, 0.25) is 5.02 Å². The highest BCUT2D eigenvalue weighted by atomic mass is 35.5. The summed E-state index contributed by atoms with van der Waals surface area (Å²) >= 11 is 6.19. The molecule has 1 aliphatic rings. The molecule has 10 nitrogen and oxygen atoms in total. The second kappa shape index (κ2) is 10.5. The highest BCUT2D eigenvalue weighted by Gasteiger charge is 2.20. The fourth-order valence-corrected chi connectivity index (χ4v) is 4.65. The number of aromatic amines is 1. The summed E-state index contributed by atoms with van der Waals surface area (Å²) in [5.74, 6) is 1.07. The van der Waals surface area contributed by atoms with Crippen molar-refractivity contribution in [2.24, 2.45) is 11.5 Å². The van der Waals surface area contributed by atoms with E-state index in [-0.39, 0.29) is 6.04 Å². The molecule has 35 heavy (non-hydrogen) atoms. The summed E-state index contributed by atoms with van der Waals surface area (Å²) in [4.78, 5) is 18.2. The van der Waals surface area contributed by atoms with Crippen LogP contribution < -0.4 is 22.1 Å². The van der Waals surface area contributed by atoms with Crippen LogP contribution in [-0.2, 0) is 0 Å². The van der Waals surface area contributed by atoms with Gasteiger partial charge in [-0.25, -0.2) is 15.0 Å². The lowest BCUT2D eigenvalue weighted by Crippen LogP contribution is -2.33. The number of nitrogens with two attached hydrogens (primary N) is 2. The molecule has 1 fully saturated rings. The molecule has 0 bridgehead atoms. The number of hydrogen-bond acceptors (Lipinski definition) is 9. The number of hydrogen-bond donors (Lipinski definition) is 5. The molecule has 11 heteroatoms. The third-order valence-electron chi connectivity index (χ3n) is 6.33. The van der Waals surface area contributed by atoms with Crippen LogP contribution in [0.5, 0.6) is 0 Å². The highest BCUT2D eigenvalue weighted by molar-refractivity contribution is 6.30. The minimum Gasteiger partial charge on any atom is -0.351 e. The second-order valence-electron chi connectivity index (χ2n) is 8.88. The van der Waals surface area contributed by atoms with Gasteiger partial charge >= 0.3 is 0 Å². The highest BCUT2D eigenvalue weighted by Crippen LogP contribution is 2.27. The number of benzene rings is 1. The first-order valence-corrected chi connectivity index (χ1v) is 12.3. The van der Waals surface area contributed by atoms with Crippen molar-refractivity contribution in [1.29, 1.82) is 0 Å². The van der Waals surface area contributed by atoms with Crippen LogP contribution in [0, 0.1) is 0 Å². The fraction of sp³-hybridized carbons (Fsp3) is 0.375. The van der Waals surface area contributed by atoms with Crippen molar-refractivity contribution in [3.63, 3.8) is 0 Å². The summed E-state index contributed by atoms with van der Waals surface area (Å²) in [5.41, 5.74) is 14.9. The Hall–Kier alpha value is -3.34. The van der Waals surface area contributed by atoms with Crippen LogP contribution in [0.1, 0.15) is 43.7 Å². The molecule has 1 aromatic carbocycles. The molecule has 5 rings (SSSR count). The zero-order valence-electron chi connectivity index (χ0n) is 19.3. The number of fused-ring (bicyclic) bond motifs is 1. The van der Waals surface area contributed by atoms with Crippen LogP contribution in [-0.4, -0.2) is 48.8 Å². The summed E-state index contributed by atoms with van der Waals surface area (Å²) in [7, 11) is 0. The van der Waals surface area contributed by atoms with E-state index < -0.39 is 0 Å². The topological polar surface area (TPSA) is 156 Å². The van der Waals surface area contributed by atoms with Gasteiger partial charge in [0.2, 0.25) is 11.9 Å². The van der Waals surface area contributed by atoms with E-state index in [4.69, 9.17) is 28.1 Å². The Kier molecular flexibility index (Phi) is 7.03. The van der Waals surface area contributed by atoms with E-state index in [1.165, 1.54) is 0 Å². The van der Waals surface area contributed by atoms with Gasteiger partial charge in [-0.1, -0.05) is 23.7 Å². The number of rotatable bonds is 8. The fourth-order valence-electron chi connectivity index (χ4n) is 4.45. The van der Waals surface area contributed by atoms with Gasteiger partial charge in [0.15, 0.2) is 5.65 Å². The van der Waals surface area contributed by atoms with Gasteiger partial charge in [0, 0.05) is 29.5 Å². The van der Waals surface area contributed by atoms with Crippen molar-refractivity contribution >= 4 is 34.5 Å². The van der Waals surface area contributed by atoms with Crippen LogP contribution in [0.4, 0.5) is 11.9 Å². The second-order valence-corrected chi connectivity index (χ2v) is 9.32. The third-order valence-corrected chi connectivity index (χ3v) is 6.57. The zero-order chi connectivity index (χ0) is 24.2. The predicted molar refractivity (Wildman–Crippen MR) is 138 cm³/mol. The molecule has 0 spiro atoms. The Morgan fingerprint density at radius 3 is 2.74 bits per heavy atom. The van der Waals surface area contributed by atoms with Crippen molar-refractivity contribution in [3.05, 3.63) is 53.3 Å². The van der Waals surface area contributed by atoms with Crippen LogP contribution in [0.15, 0.2) is 42.7 Å². The van der Waals surface area contributed by atoms with Crippen LogP contribution in [0.3, 0.4) is 0 Å². The summed E-state index contributed by atoms with van der Waals surface area (Å²) in [5, 5.41) is 15.7. The summed E-state index contributed by atoms with van der Waals surface area (Å²) in [6, 6.07) is 10.1. The molecule has 182 valence electrons. The van der Waals surface area contributed by atoms with Gasteiger partial charge < -0.3 is 22.1 Å². The lowest BCUT2D eigenvalue weighted by molar-refractivity contribution is 0.410. The summed E-state index contributed by atoms with van der Waals surface area (Å²) in [6.07, 6.45) is 8.25. The number of aromatic nitrogens is 6. The molecular weight excluding hydrogens is 464 g/mol. The van der Waals surface area contributed by atoms with E-state index in [0.29, 0.717) is 59.0 Å². The molecular formula is C24H29ClN10. The van der Waals surface area contributed by atoms with Crippen LogP contribution in [0.25, 0.3) is 22.4 Å². The molecule has 1 unspecified atom stereocenters. The number of nitrogens with zero attached hydrogens (tertiary/aromatic N) is 5. The zero-order valence-corrected chi connectivity index (χ0v) is 20.0. The van der Waals surface area contributed by atoms with Gasteiger partial charge in [-0.3, -0.25) is 5.10 Å². The normalized spacial score (nSPS) is 18.9. The van der Waals surface area contributed by atoms with Gasteiger partial charge in [-0.05, 0) is 62.4 Å². The predicted octanol–water partition coefficient (Wildman–Crippen LogP) is 3.65. The molecule has 1 atom stereocenters. The molecule has 0 amide bonds. The molecule has 7 N–H and O–H groups in total. The SMILES string of the molecule is NCCC(Nc1nccc(-c2n[nH]c3nc(N[C@H]4CC[C@H](N)CC4)ncc23)n1)c1cccc(Cl)c1. The first kappa shape index (κ1) is 23.4. The number of H-pyrrole nitrogens is 1. The molecule has 4 aromatic rings. The van der Waals surface area contributed by atoms with Crippen molar-refractivity contribution in [2.75, 3.05) is 17.2 Å². The number of halogens is 1. The lowest BCUT2D eigenvalue weighted by atomic mass is 9.92. The largest absolute Gasteiger partial charge is 0.351 e. The molecule has 3 aromatic heterocycles. The summed E-state index contributed by atoms with van der Waals surface area (Å²) in [6.45, 7) is 0.509. The molecule has 0 aliphatic heterocycles. The van der Waals surface area contributed by atoms with E-state index in [0.717, 1.165) is 36.6 Å². The lowest BCUT2D eigenvalue weighted by Gasteiger charge is -2.26. The Morgan fingerprint density at radius 2 is 1.94 bits per heavy atom. The maximum absolute atomic E-state index is 6.19. The first-order chi connectivity index (χ1) is 17.1. The molecule has 0 saturated heterocycles. The summed E-state index contributed by atoms with van der Waals surface area (Å²) < 4.78 is 0.